The zero-order chi connectivity index (χ0) is 19.7. The third kappa shape index (κ3) is 4.11. The van der Waals surface area contributed by atoms with Crippen LogP contribution in [0.5, 0.6) is 0 Å². The number of nitrogens with zero attached hydrogens (tertiary/aromatic N) is 2. The fourth-order valence-corrected chi connectivity index (χ4v) is 5.15. The lowest BCUT2D eigenvalue weighted by atomic mass is 9.93. The summed E-state index contributed by atoms with van der Waals surface area (Å²) < 4.78 is 0. The van der Waals surface area contributed by atoms with Gasteiger partial charge in [0.1, 0.15) is 0 Å². The van der Waals surface area contributed by atoms with Crippen LogP contribution in [0.3, 0.4) is 0 Å². The maximum atomic E-state index is 12.7. The predicted molar refractivity (Wildman–Crippen MR) is 111 cm³/mol. The summed E-state index contributed by atoms with van der Waals surface area (Å²) in [6.07, 6.45) is 6.37. The van der Waals surface area contributed by atoms with E-state index in [2.05, 4.69) is 5.32 Å². The number of likely N-dealkylation sites (tertiary alicyclic amines) is 2. The second kappa shape index (κ2) is 8.50. The zero-order valence-corrected chi connectivity index (χ0v) is 17.6. The number of piperidine rings is 1. The van der Waals surface area contributed by atoms with E-state index in [1.165, 1.54) is 0 Å². The summed E-state index contributed by atoms with van der Waals surface area (Å²) in [4.78, 5) is 28.9. The molecule has 1 aromatic rings. The van der Waals surface area contributed by atoms with Crippen LogP contribution in [0.2, 0.25) is 10.0 Å². The fraction of sp³-hybridized carbons (Fsp3) is 0.619. The van der Waals surface area contributed by atoms with Crippen molar-refractivity contribution in [2.24, 2.45) is 5.92 Å². The average molecular weight is 424 g/mol. The highest BCUT2D eigenvalue weighted by Gasteiger charge is 2.30. The number of hydrogen-bond donors (Lipinski definition) is 1. The molecular weight excluding hydrogens is 397 g/mol. The Labute approximate surface area is 176 Å². The number of carbonyl (C=O) groups is 2. The largest absolute Gasteiger partial charge is 0.343 e. The molecule has 3 amide bonds. The highest BCUT2D eigenvalue weighted by atomic mass is 35.5. The summed E-state index contributed by atoms with van der Waals surface area (Å²) in [5, 5.41) is 4.34. The van der Waals surface area contributed by atoms with E-state index in [0.717, 1.165) is 62.7 Å². The molecule has 28 heavy (non-hydrogen) atoms. The highest BCUT2D eigenvalue weighted by molar-refractivity contribution is 6.42. The molecule has 2 heterocycles. The molecule has 7 heteroatoms. The maximum absolute atomic E-state index is 12.7. The van der Waals surface area contributed by atoms with Crippen molar-refractivity contribution in [2.45, 2.75) is 51.0 Å². The first-order chi connectivity index (χ1) is 13.5. The maximum Gasteiger partial charge on any atom is 0.317 e. The molecule has 0 bridgehead atoms. The molecule has 0 saturated carbocycles. The molecule has 152 valence electrons. The van der Waals surface area contributed by atoms with Crippen LogP contribution in [0.15, 0.2) is 12.1 Å². The third-order valence-corrected chi connectivity index (χ3v) is 7.26. The first kappa shape index (κ1) is 19.8. The van der Waals surface area contributed by atoms with Gasteiger partial charge in [0.15, 0.2) is 0 Å². The minimum atomic E-state index is -0.0201. The molecule has 1 N–H and O–H groups in total. The number of rotatable bonds is 3. The summed E-state index contributed by atoms with van der Waals surface area (Å²) in [6, 6.07) is 3.74. The van der Waals surface area contributed by atoms with E-state index in [9.17, 15) is 9.59 Å². The Balaban J connectivity index is 1.27. The molecular formula is C21H27Cl2N3O2. The predicted octanol–water partition coefficient (Wildman–Crippen LogP) is 4.41. The Morgan fingerprint density at radius 3 is 2.43 bits per heavy atom. The summed E-state index contributed by atoms with van der Waals surface area (Å²) in [5.74, 6) is 0.684. The van der Waals surface area contributed by atoms with Gasteiger partial charge < -0.3 is 15.1 Å². The van der Waals surface area contributed by atoms with Crippen molar-refractivity contribution >= 4 is 35.1 Å². The number of carbonyl (C=O) groups excluding carboxylic acids is 2. The number of benzene rings is 1. The Morgan fingerprint density at radius 1 is 1.00 bits per heavy atom. The number of hydrogen-bond acceptors (Lipinski definition) is 2. The van der Waals surface area contributed by atoms with Crippen LogP contribution in [-0.4, -0.2) is 47.9 Å². The van der Waals surface area contributed by atoms with E-state index in [0.29, 0.717) is 41.4 Å². The molecule has 0 aromatic heterocycles. The van der Waals surface area contributed by atoms with Crippen molar-refractivity contribution in [1.82, 2.24) is 15.1 Å². The number of fused-ring (bicyclic) bond motifs is 1. The smallest absolute Gasteiger partial charge is 0.317 e. The van der Waals surface area contributed by atoms with E-state index in [-0.39, 0.29) is 12.1 Å². The van der Waals surface area contributed by atoms with Crippen LogP contribution in [0.4, 0.5) is 4.79 Å². The Morgan fingerprint density at radius 2 is 1.71 bits per heavy atom. The Hall–Kier alpha value is -1.46. The van der Waals surface area contributed by atoms with Crippen molar-refractivity contribution in [3.8, 4) is 0 Å². The molecule has 5 nitrogen and oxygen atoms in total. The molecule has 1 aliphatic carbocycles. The van der Waals surface area contributed by atoms with Gasteiger partial charge in [-0.15, -0.1) is 0 Å². The molecule has 1 unspecified atom stereocenters. The summed E-state index contributed by atoms with van der Waals surface area (Å²) in [6.45, 7) is 3.26. The number of amides is 3. The van der Waals surface area contributed by atoms with Crippen molar-refractivity contribution in [3.63, 3.8) is 0 Å². The second-order valence-electron chi connectivity index (χ2n) is 8.19. The number of urea groups is 1. The quantitative estimate of drug-likeness (QED) is 0.782. The molecule has 2 aliphatic heterocycles. The fourth-order valence-electron chi connectivity index (χ4n) is 4.71. The monoisotopic (exact) mass is 423 g/mol. The molecule has 2 fully saturated rings. The standard InChI is InChI=1S/C21H27Cl2N3O2/c22-17-5-3-15-16(20(17)23)4-6-18(15)24-21(28)26-11-7-14(8-12-26)13-19(27)25-9-1-2-10-25/h3,5,14,18H,1-2,4,6-13H2,(H,24,28). The number of nitrogens with one attached hydrogen (secondary N) is 1. The average Bonchev–Trinajstić information content (AvgIpc) is 3.36. The molecule has 2 saturated heterocycles. The van der Waals surface area contributed by atoms with Crippen molar-refractivity contribution in [1.29, 1.82) is 0 Å². The van der Waals surface area contributed by atoms with Gasteiger partial charge in [-0.05, 0) is 61.6 Å². The van der Waals surface area contributed by atoms with Crippen LogP contribution < -0.4 is 5.32 Å². The summed E-state index contributed by atoms with van der Waals surface area (Å²) >= 11 is 12.4. The molecule has 3 aliphatic rings. The lowest BCUT2D eigenvalue weighted by molar-refractivity contribution is -0.131. The Bertz CT molecular complexity index is 756. The Kier molecular flexibility index (Phi) is 6.02. The van der Waals surface area contributed by atoms with Gasteiger partial charge in [-0.25, -0.2) is 4.79 Å². The normalized spacial score (nSPS) is 22.4. The van der Waals surface area contributed by atoms with Crippen LogP contribution >= 0.6 is 23.2 Å². The van der Waals surface area contributed by atoms with E-state index in [1.54, 1.807) is 6.07 Å². The van der Waals surface area contributed by atoms with Gasteiger partial charge in [0, 0.05) is 32.6 Å². The van der Waals surface area contributed by atoms with Gasteiger partial charge in [-0.3, -0.25) is 4.79 Å². The minimum Gasteiger partial charge on any atom is -0.343 e. The zero-order valence-electron chi connectivity index (χ0n) is 16.1. The lowest BCUT2D eigenvalue weighted by Gasteiger charge is -2.33. The molecule has 4 rings (SSSR count). The van der Waals surface area contributed by atoms with Crippen molar-refractivity contribution < 1.29 is 9.59 Å². The van der Waals surface area contributed by atoms with Gasteiger partial charge in [0.2, 0.25) is 5.91 Å². The van der Waals surface area contributed by atoms with Gasteiger partial charge in [0.25, 0.3) is 0 Å². The van der Waals surface area contributed by atoms with Crippen molar-refractivity contribution in [3.05, 3.63) is 33.3 Å². The molecule has 1 aromatic carbocycles. The van der Waals surface area contributed by atoms with E-state index < -0.39 is 0 Å². The molecule has 1 atom stereocenters. The molecule has 0 radical (unpaired) electrons. The molecule has 0 spiro atoms. The first-order valence-electron chi connectivity index (χ1n) is 10.3. The van der Waals surface area contributed by atoms with Crippen molar-refractivity contribution in [2.75, 3.05) is 26.2 Å². The first-order valence-corrected chi connectivity index (χ1v) is 11.1. The van der Waals surface area contributed by atoms with Crippen LogP contribution in [0.25, 0.3) is 0 Å². The van der Waals surface area contributed by atoms with Gasteiger partial charge in [0.05, 0.1) is 16.1 Å². The van der Waals surface area contributed by atoms with E-state index >= 15 is 0 Å². The lowest BCUT2D eigenvalue weighted by Crippen LogP contribution is -2.45. The summed E-state index contributed by atoms with van der Waals surface area (Å²) in [7, 11) is 0. The van der Waals surface area contributed by atoms with Gasteiger partial charge in [-0.1, -0.05) is 29.3 Å². The topological polar surface area (TPSA) is 52.7 Å². The van der Waals surface area contributed by atoms with Crippen LogP contribution in [-0.2, 0) is 11.2 Å². The summed E-state index contributed by atoms with van der Waals surface area (Å²) in [5.41, 5.74) is 2.13. The van der Waals surface area contributed by atoms with Crippen LogP contribution in [0, 0.1) is 5.92 Å². The van der Waals surface area contributed by atoms with E-state index in [4.69, 9.17) is 23.2 Å². The number of halogens is 2. The van der Waals surface area contributed by atoms with E-state index in [1.807, 2.05) is 15.9 Å². The van der Waals surface area contributed by atoms with Gasteiger partial charge in [-0.2, -0.15) is 0 Å². The second-order valence-corrected chi connectivity index (χ2v) is 8.98. The van der Waals surface area contributed by atoms with Crippen LogP contribution in [0.1, 0.15) is 55.7 Å². The minimum absolute atomic E-state index is 0.00765. The highest BCUT2D eigenvalue weighted by Crippen LogP contribution is 2.39. The third-order valence-electron chi connectivity index (χ3n) is 6.41. The SMILES string of the molecule is O=C(CC1CCN(C(=O)NC2CCc3c2ccc(Cl)c3Cl)CC1)N1CCCC1. The van der Waals surface area contributed by atoms with Gasteiger partial charge >= 0.3 is 6.03 Å².